The third-order valence-corrected chi connectivity index (χ3v) is 12.9. The highest BCUT2D eigenvalue weighted by molar-refractivity contribution is 7.09. The quantitative estimate of drug-likeness (QED) is 0.136. The van der Waals surface area contributed by atoms with Crippen LogP contribution in [0.15, 0.2) is 71.8 Å². The van der Waals surface area contributed by atoms with Crippen LogP contribution in [0, 0.1) is 16.7 Å². The van der Waals surface area contributed by atoms with E-state index in [1.807, 2.05) is 9.47 Å². The molecule has 6 rings (SSSR count). The van der Waals surface area contributed by atoms with Gasteiger partial charge in [0, 0.05) is 48.5 Å². The lowest BCUT2D eigenvalue weighted by Crippen LogP contribution is -2.82. The van der Waals surface area contributed by atoms with Gasteiger partial charge in [0.1, 0.15) is 23.9 Å². The highest BCUT2D eigenvalue weighted by atomic mass is 31.0. The maximum atomic E-state index is 15.4. The maximum Gasteiger partial charge on any atom is 0.338 e. The van der Waals surface area contributed by atoms with E-state index in [9.17, 15) is 34.2 Å². The van der Waals surface area contributed by atoms with Crippen LogP contribution in [0.2, 0.25) is 0 Å². The molecule has 1 aliphatic heterocycles. The zero-order chi connectivity index (χ0) is 42.5. The van der Waals surface area contributed by atoms with Crippen molar-refractivity contribution in [2.75, 3.05) is 6.61 Å². The number of ether oxygens (including phenoxy) is 5. The zero-order valence-electron chi connectivity index (χ0n) is 33.4. The van der Waals surface area contributed by atoms with Crippen molar-refractivity contribution in [3.8, 4) is 0 Å². The second kappa shape index (κ2) is 15.9. The lowest BCUT2D eigenvalue weighted by molar-refractivity contribution is -0.346. The molecule has 15 nitrogen and oxygen atoms in total. The number of hydrogen-bond donors (Lipinski definition) is 3. The molecular weight excluding hydrogens is 773 g/mol. The summed E-state index contributed by atoms with van der Waals surface area (Å²) in [6.45, 7) is 9.41. The Balaban J connectivity index is 1.58. The maximum absolute atomic E-state index is 15.4. The summed E-state index contributed by atoms with van der Waals surface area (Å²) < 4.78 is 35.9. The van der Waals surface area contributed by atoms with Crippen LogP contribution in [0.5, 0.6) is 0 Å². The van der Waals surface area contributed by atoms with Crippen molar-refractivity contribution in [1.82, 2.24) is 5.32 Å². The summed E-state index contributed by atoms with van der Waals surface area (Å²) in [5.41, 5.74) is -6.82. The summed E-state index contributed by atoms with van der Waals surface area (Å²) in [4.78, 5) is 82.2. The van der Waals surface area contributed by atoms with Crippen LogP contribution in [-0.4, -0.2) is 100 Å². The molecule has 3 aliphatic carbocycles. The smallest absolute Gasteiger partial charge is 0.338 e. The third-order valence-electron chi connectivity index (χ3n) is 12.6. The number of esters is 4. The van der Waals surface area contributed by atoms with Crippen molar-refractivity contribution in [2.45, 2.75) is 115 Å². The average molecular weight is 824 g/mol. The fourth-order valence-corrected chi connectivity index (χ4v) is 9.98. The summed E-state index contributed by atoms with van der Waals surface area (Å²) in [7, 11) is 2.01. The first-order valence-electron chi connectivity index (χ1n) is 19.0. The van der Waals surface area contributed by atoms with Crippen LogP contribution < -0.4 is 5.32 Å². The summed E-state index contributed by atoms with van der Waals surface area (Å²) >= 11 is 0. The Morgan fingerprint density at radius 3 is 2.07 bits per heavy atom. The molecule has 2 saturated carbocycles. The second-order valence-electron chi connectivity index (χ2n) is 16.3. The largest absolute Gasteiger partial charge is 0.456 e. The van der Waals surface area contributed by atoms with Gasteiger partial charge >= 0.3 is 23.9 Å². The first-order valence-corrected chi connectivity index (χ1v) is 19.5. The topological polar surface area (TPSA) is 210 Å². The van der Waals surface area contributed by atoms with E-state index in [0.29, 0.717) is 5.56 Å². The molecule has 16 heteroatoms. The minimum Gasteiger partial charge on any atom is -0.456 e. The molecule has 4 aliphatic rings. The number of ketones is 1. The van der Waals surface area contributed by atoms with Crippen molar-refractivity contribution in [2.24, 2.45) is 16.7 Å². The summed E-state index contributed by atoms with van der Waals surface area (Å²) in [5.74, 6) is -6.32. The molecule has 58 heavy (non-hydrogen) atoms. The van der Waals surface area contributed by atoms with Crippen LogP contribution >= 0.6 is 9.47 Å². The number of carbonyl (C=O) groups is 6. The Hall–Kier alpha value is -4.53. The predicted octanol–water partition coefficient (Wildman–Crippen LogP) is 3.26. The number of amides is 1. The van der Waals surface area contributed by atoms with Gasteiger partial charge in [-0.2, -0.15) is 0 Å². The van der Waals surface area contributed by atoms with Crippen LogP contribution in [0.1, 0.15) is 83.3 Å². The van der Waals surface area contributed by atoms with E-state index in [1.54, 1.807) is 69.3 Å². The lowest BCUT2D eigenvalue weighted by Gasteiger charge is -2.67. The number of carbonyl (C=O) groups excluding carboxylic acids is 6. The molecule has 3 N–H and O–H groups in total. The second-order valence-corrected chi connectivity index (χ2v) is 16.6. The van der Waals surface area contributed by atoms with Gasteiger partial charge in [-0.25, -0.2) is 9.59 Å². The normalized spacial score (nSPS) is 33.3. The SMILES string of the molecule is CC(=O)NC(c1ccccc1)C(OP)C(=O)OC1CC2(O)C(OC(=O)c3ccccc3)C3C4(OC(C)=O)COC4CC(O)C3(C)C(=O)C(OC(C)=O)C(=C1C)C2(C)C. The van der Waals surface area contributed by atoms with Gasteiger partial charge in [-0.3, -0.25) is 19.2 Å². The molecule has 0 radical (unpaired) electrons. The molecule has 1 heterocycles. The molecule has 12 unspecified atom stereocenters. The number of nitrogens with one attached hydrogen (secondary N) is 1. The molecule has 2 aromatic rings. The Bertz CT molecular complexity index is 2010. The number of Topliss-reactive ketones (excluding diaryl/α,β-unsaturated/α-hetero) is 1. The minimum absolute atomic E-state index is 0.0465. The van der Waals surface area contributed by atoms with E-state index >= 15 is 4.79 Å². The van der Waals surface area contributed by atoms with Crippen molar-refractivity contribution in [3.05, 3.63) is 82.9 Å². The number of hydrogen-bond acceptors (Lipinski definition) is 14. The van der Waals surface area contributed by atoms with Gasteiger partial charge in [-0.1, -0.05) is 62.4 Å². The molecule has 0 aromatic heterocycles. The molecule has 312 valence electrons. The number of aliphatic hydroxyl groups is 2. The van der Waals surface area contributed by atoms with Crippen molar-refractivity contribution in [3.63, 3.8) is 0 Å². The van der Waals surface area contributed by atoms with E-state index in [2.05, 4.69) is 5.32 Å². The van der Waals surface area contributed by atoms with Crippen LogP contribution in [-0.2, 0) is 52.2 Å². The van der Waals surface area contributed by atoms with E-state index in [0.717, 1.165) is 13.8 Å². The standard InChI is InChI=1S/C42H50NO14P/c1-21-27(54-38(50)33(57-58)31(43-22(2)44)25-14-10-8-11-15-25)19-42(51)36(55-37(49)26-16-12-9-13-17-26)34-40(7,28(47)18-29-41(34,20-52-29)56-24(4)46)35(48)32(53-23(3)45)30(21)39(42,5)6/h8-17,27-29,31-34,36,47,51H,18-20,58H2,1-7H3,(H,43,44). The highest BCUT2D eigenvalue weighted by Gasteiger charge is 2.78. The first-order chi connectivity index (χ1) is 27.2. The Morgan fingerprint density at radius 2 is 1.53 bits per heavy atom. The fourth-order valence-electron chi connectivity index (χ4n) is 9.71. The number of rotatable bonds is 10. The first kappa shape index (κ1) is 43.1. The molecule has 0 spiro atoms. The monoisotopic (exact) mass is 823 g/mol. The van der Waals surface area contributed by atoms with E-state index in [4.69, 9.17) is 28.2 Å². The van der Waals surface area contributed by atoms with Gasteiger partial charge in [0.15, 0.2) is 23.6 Å². The van der Waals surface area contributed by atoms with Crippen LogP contribution in [0.3, 0.4) is 0 Å². The van der Waals surface area contributed by atoms with E-state index < -0.39 is 113 Å². The molecule has 12 atom stereocenters. The van der Waals surface area contributed by atoms with Gasteiger partial charge in [-0.05, 0) is 42.7 Å². The molecule has 1 saturated heterocycles. The number of aliphatic hydroxyl groups excluding tert-OH is 1. The van der Waals surface area contributed by atoms with Crippen LogP contribution in [0.4, 0.5) is 0 Å². The molecule has 1 amide bonds. The zero-order valence-corrected chi connectivity index (χ0v) is 34.5. The summed E-state index contributed by atoms with van der Waals surface area (Å²) in [5, 5.41) is 28.4. The summed E-state index contributed by atoms with van der Waals surface area (Å²) in [6, 6.07) is 15.4. The summed E-state index contributed by atoms with van der Waals surface area (Å²) in [6.07, 6.45) is -9.60. The van der Waals surface area contributed by atoms with Gasteiger partial charge in [0.25, 0.3) is 0 Å². The lowest BCUT2D eigenvalue weighted by atomic mass is 9.44. The minimum atomic E-state index is -2.33. The molecule has 2 aromatic carbocycles. The van der Waals surface area contributed by atoms with Crippen molar-refractivity contribution < 1.29 is 67.2 Å². The Kier molecular flexibility index (Phi) is 11.8. The van der Waals surface area contributed by atoms with Gasteiger partial charge in [0.2, 0.25) is 5.91 Å². The predicted molar refractivity (Wildman–Crippen MR) is 206 cm³/mol. The number of benzene rings is 2. The number of fused-ring (bicyclic) bond motifs is 5. The molecule has 2 bridgehead atoms. The van der Waals surface area contributed by atoms with Crippen LogP contribution in [0.25, 0.3) is 0 Å². The Labute approximate surface area is 338 Å². The van der Waals surface area contributed by atoms with Gasteiger partial charge < -0.3 is 43.7 Å². The van der Waals surface area contributed by atoms with Crippen molar-refractivity contribution >= 4 is 45.0 Å². The molecule has 3 fully saturated rings. The van der Waals surface area contributed by atoms with Gasteiger partial charge in [0.05, 0.1) is 35.6 Å². The van der Waals surface area contributed by atoms with Gasteiger partial charge in [-0.15, -0.1) is 0 Å². The highest BCUT2D eigenvalue weighted by Crippen LogP contribution is 2.64. The van der Waals surface area contributed by atoms with E-state index in [-0.39, 0.29) is 29.7 Å². The van der Waals surface area contributed by atoms with Crippen molar-refractivity contribution in [1.29, 1.82) is 0 Å². The molecular formula is C42H50NO14P. The third kappa shape index (κ3) is 7.04. The Morgan fingerprint density at radius 1 is 0.914 bits per heavy atom. The van der Waals surface area contributed by atoms with E-state index in [1.165, 1.54) is 26.0 Å². The fraction of sp³-hybridized carbons (Fsp3) is 0.524. The average Bonchev–Trinajstić information content (AvgIpc) is 3.16.